The molecule has 0 saturated heterocycles. The summed E-state index contributed by atoms with van der Waals surface area (Å²) in [7, 11) is 0. The smallest absolute Gasteiger partial charge is 0.123 e. The van der Waals surface area contributed by atoms with Crippen molar-refractivity contribution < 1.29 is 4.39 Å². The van der Waals surface area contributed by atoms with Crippen LogP contribution in [0, 0.1) is 5.82 Å². The first kappa shape index (κ1) is 11.7. The van der Waals surface area contributed by atoms with Gasteiger partial charge >= 0.3 is 0 Å². The maximum Gasteiger partial charge on any atom is 0.123 e. The van der Waals surface area contributed by atoms with Gasteiger partial charge in [-0.15, -0.1) is 11.6 Å². The summed E-state index contributed by atoms with van der Waals surface area (Å²) in [6, 6.07) is 5.58. The minimum Gasteiger partial charge on any atom is -0.368 e. The Balaban J connectivity index is 2.28. The number of anilines is 1. The van der Waals surface area contributed by atoms with Crippen LogP contribution in [0.4, 0.5) is 10.1 Å². The lowest BCUT2D eigenvalue weighted by atomic mass is 10.1. The summed E-state index contributed by atoms with van der Waals surface area (Å²) in [6.45, 7) is 3.19. The van der Waals surface area contributed by atoms with Gasteiger partial charge in [-0.3, -0.25) is 0 Å². The summed E-state index contributed by atoms with van der Waals surface area (Å²) in [5.41, 5.74) is 2.02. The number of halogens is 2. The van der Waals surface area contributed by atoms with E-state index in [-0.39, 0.29) is 5.82 Å². The van der Waals surface area contributed by atoms with Gasteiger partial charge in [0.25, 0.3) is 0 Å². The van der Waals surface area contributed by atoms with E-state index in [9.17, 15) is 4.39 Å². The van der Waals surface area contributed by atoms with Gasteiger partial charge in [-0.2, -0.15) is 0 Å². The summed E-state index contributed by atoms with van der Waals surface area (Å²) < 4.78 is 13.1. The zero-order valence-corrected chi connectivity index (χ0v) is 10.3. The number of hydrogen-bond donors (Lipinski definition) is 0. The Morgan fingerprint density at radius 3 is 2.75 bits per heavy atom. The molecule has 0 radical (unpaired) electrons. The van der Waals surface area contributed by atoms with Crippen molar-refractivity contribution in [2.24, 2.45) is 0 Å². The lowest BCUT2D eigenvalue weighted by Crippen LogP contribution is -2.27. The Kier molecular flexibility index (Phi) is 3.70. The van der Waals surface area contributed by atoms with Gasteiger partial charge in [-0.05, 0) is 43.0 Å². The summed E-state index contributed by atoms with van der Waals surface area (Å²) >= 11 is 5.88. The van der Waals surface area contributed by atoms with E-state index in [1.807, 2.05) is 6.07 Å². The quantitative estimate of drug-likeness (QED) is 0.706. The fraction of sp³-hybridized carbons (Fsp3) is 0.538. The number of rotatable bonds is 5. The number of nitrogens with zero attached hydrogens (tertiary/aromatic N) is 1. The van der Waals surface area contributed by atoms with Crippen LogP contribution in [0.3, 0.4) is 0 Å². The molecule has 0 aliphatic heterocycles. The highest BCUT2D eigenvalue weighted by Gasteiger charge is 2.29. The molecule has 0 N–H and O–H groups in total. The highest BCUT2D eigenvalue weighted by molar-refractivity contribution is 6.17. The third kappa shape index (κ3) is 2.49. The molecule has 16 heavy (non-hydrogen) atoms. The minimum absolute atomic E-state index is 0.202. The van der Waals surface area contributed by atoms with E-state index in [4.69, 9.17) is 11.6 Å². The molecule has 0 bridgehead atoms. The van der Waals surface area contributed by atoms with Crippen LogP contribution in [0.5, 0.6) is 0 Å². The molecule has 0 amide bonds. The first-order valence-corrected chi connectivity index (χ1v) is 6.40. The molecule has 0 unspecified atom stereocenters. The van der Waals surface area contributed by atoms with Crippen LogP contribution in [-0.4, -0.2) is 12.6 Å². The van der Waals surface area contributed by atoms with Gasteiger partial charge in [-0.1, -0.05) is 6.92 Å². The van der Waals surface area contributed by atoms with E-state index in [0.717, 1.165) is 24.2 Å². The zero-order valence-electron chi connectivity index (χ0n) is 9.55. The van der Waals surface area contributed by atoms with Gasteiger partial charge in [0.15, 0.2) is 0 Å². The largest absolute Gasteiger partial charge is 0.368 e. The Bertz CT molecular complexity index is 363. The number of hydrogen-bond acceptors (Lipinski definition) is 1. The summed E-state index contributed by atoms with van der Waals surface area (Å²) in [5, 5.41) is 0. The Morgan fingerprint density at radius 2 is 2.19 bits per heavy atom. The normalized spacial score (nSPS) is 15.2. The summed E-state index contributed by atoms with van der Waals surface area (Å²) in [4.78, 5) is 2.37. The monoisotopic (exact) mass is 241 g/mol. The van der Waals surface area contributed by atoms with Crippen molar-refractivity contribution in [1.29, 1.82) is 0 Å². The van der Waals surface area contributed by atoms with Crippen molar-refractivity contribution in [3.8, 4) is 0 Å². The van der Waals surface area contributed by atoms with Crippen LogP contribution in [0.2, 0.25) is 0 Å². The average Bonchev–Trinajstić information content (AvgIpc) is 3.10. The Hall–Kier alpha value is -0.760. The molecule has 1 nitrogen and oxygen atoms in total. The highest BCUT2D eigenvalue weighted by atomic mass is 35.5. The van der Waals surface area contributed by atoms with Crippen molar-refractivity contribution in [2.75, 3.05) is 11.4 Å². The molecular formula is C13H17ClFN. The Labute approximate surface area is 101 Å². The predicted octanol–water partition coefficient (Wildman–Crippen LogP) is 3.94. The van der Waals surface area contributed by atoms with E-state index in [1.165, 1.54) is 18.9 Å². The van der Waals surface area contributed by atoms with Crippen LogP contribution in [0.25, 0.3) is 0 Å². The van der Waals surface area contributed by atoms with Crippen LogP contribution in [0.15, 0.2) is 18.2 Å². The fourth-order valence-electron chi connectivity index (χ4n) is 2.07. The number of benzene rings is 1. The summed E-state index contributed by atoms with van der Waals surface area (Å²) in [5.74, 6) is 0.173. The van der Waals surface area contributed by atoms with Crippen molar-refractivity contribution in [2.45, 2.75) is 38.1 Å². The van der Waals surface area contributed by atoms with Crippen LogP contribution < -0.4 is 4.90 Å². The molecule has 0 atom stereocenters. The second kappa shape index (κ2) is 5.05. The molecule has 0 heterocycles. The van der Waals surface area contributed by atoms with Crippen molar-refractivity contribution >= 4 is 17.3 Å². The van der Waals surface area contributed by atoms with Crippen molar-refractivity contribution in [3.63, 3.8) is 0 Å². The molecule has 1 aromatic rings. The molecule has 88 valence electrons. The average molecular weight is 242 g/mol. The molecule has 1 aliphatic carbocycles. The van der Waals surface area contributed by atoms with Crippen LogP contribution >= 0.6 is 11.6 Å². The van der Waals surface area contributed by atoms with Gasteiger partial charge in [-0.25, -0.2) is 4.39 Å². The molecule has 0 spiro atoms. The molecule has 1 aliphatic rings. The molecule has 1 aromatic carbocycles. The Morgan fingerprint density at radius 1 is 1.44 bits per heavy atom. The molecule has 2 rings (SSSR count). The van der Waals surface area contributed by atoms with Gasteiger partial charge < -0.3 is 4.90 Å². The van der Waals surface area contributed by atoms with E-state index in [0.29, 0.717) is 11.9 Å². The van der Waals surface area contributed by atoms with Gasteiger partial charge in [0.05, 0.1) is 0 Å². The van der Waals surface area contributed by atoms with Crippen molar-refractivity contribution in [1.82, 2.24) is 0 Å². The van der Waals surface area contributed by atoms with Crippen molar-refractivity contribution in [3.05, 3.63) is 29.6 Å². The maximum atomic E-state index is 13.1. The second-order valence-electron chi connectivity index (χ2n) is 4.33. The SMILES string of the molecule is CCCN(c1ccc(F)cc1CCl)C1CC1. The van der Waals surface area contributed by atoms with Gasteiger partial charge in [0.1, 0.15) is 5.82 Å². The first-order chi connectivity index (χ1) is 7.76. The molecule has 1 fully saturated rings. The van der Waals surface area contributed by atoms with Crippen LogP contribution in [-0.2, 0) is 5.88 Å². The molecule has 0 aromatic heterocycles. The van der Waals surface area contributed by atoms with E-state index >= 15 is 0 Å². The van der Waals surface area contributed by atoms with Gasteiger partial charge in [0.2, 0.25) is 0 Å². The lowest BCUT2D eigenvalue weighted by Gasteiger charge is -2.26. The molecule has 1 saturated carbocycles. The van der Waals surface area contributed by atoms with Crippen LogP contribution in [0.1, 0.15) is 31.7 Å². The third-order valence-corrected chi connectivity index (χ3v) is 3.24. The second-order valence-corrected chi connectivity index (χ2v) is 4.60. The third-order valence-electron chi connectivity index (χ3n) is 2.95. The zero-order chi connectivity index (χ0) is 11.5. The van der Waals surface area contributed by atoms with Gasteiger partial charge in [0, 0.05) is 24.2 Å². The number of alkyl halides is 1. The topological polar surface area (TPSA) is 3.24 Å². The minimum atomic E-state index is -0.202. The van der Waals surface area contributed by atoms with E-state index in [1.54, 1.807) is 6.07 Å². The first-order valence-electron chi connectivity index (χ1n) is 5.87. The van der Waals surface area contributed by atoms with E-state index < -0.39 is 0 Å². The fourth-order valence-corrected chi connectivity index (χ4v) is 2.28. The highest BCUT2D eigenvalue weighted by Crippen LogP contribution is 2.34. The molecule has 3 heteroatoms. The van der Waals surface area contributed by atoms with E-state index in [2.05, 4.69) is 11.8 Å². The molecular weight excluding hydrogens is 225 g/mol. The lowest BCUT2D eigenvalue weighted by molar-refractivity contribution is 0.625. The standard InChI is InChI=1S/C13H17ClFN/c1-2-7-16(12-4-5-12)13-6-3-11(15)8-10(13)9-14/h3,6,8,12H,2,4-5,7,9H2,1H3. The summed E-state index contributed by atoms with van der Waals surface area (Å²) in [6.07, 6.45) is 3.60. The maximum absolute atomic E-state index is 13.1. The predicted molar refractivity (Wildman–Crippen MR) is 66.6 cm³/mol.